The number of nitrogens with one attached hydrogen (secondary N) is 1. The van der Waals surface area contributed by atoms with Gasteiger partial charge in [-0.3, -0.25) is 0 Å². The van der Waals surface area contributed by atoms with Crippen LogP contribution in [0.2, 0.25) is 0 Å². The number of hydrogen-bond acceptors (Lipinski definition) is 3. The van der Waals surface area contributed by atoms with Crippen molar-refractivity contribution >= 4 is 11.3 Å². The Bertz CT molecular complexity index is 572. The number of rotatable bonds is 4. The summed E-state index contributed by atoms with van der Waals surface area (Å²) >= 11 is 1.83. The van der Waals surface area contributed by atoms with Crippen LogP contribution >= 0.6 is 11.3 Å². The highest BCUT2D eigenvalue weighted by Gasteiger charge is 2.42. The van der Waals surface area contributed by atoms with Gasteiger partial charge < -0.3 is 10.1 Å². The van der Waals surface area contributed by atoms with Crippen LogP contribution in [-0.2, 0) is 10.2 Å². The molecule has 1 aliphatic rings. The van der Waals surface area contributed by atoms with Crippen LogP contribution in [0.4, 0.5) is 0 Å². The third-order valence-electron chi connectivity index (χ3n) is 4.78. The summed E-state index contributed by atoms with van der Waals surface area (Å²) in [7, 11) is 2.09. The maximum absolute atomic E-state index is 5.66. The highest BCUT2D eigenvalue weighted by atomic mass is 32.1. The van der Waals surface area contributed by atoms with Crippen LogP contribution in [0.3, 0.4) is 0 Å². The molecular weight excluding hydrogens is 278 g/mol. The lowest BCUT2D eigenvalue weighted by molar-refractivity contribution is 0.0352. The number of likely N-dealkylation sites (N-methyl/N-ethyl adjacent to an activating group) is 1. The van der Waals surface area contributed by atoms with Crippen LogP contribution in [0.15, 0.2) is 41.8 Å². The minimum absolute atomic E-state index is 0.125. The quantitative estimate of drug-likeness (QED) is 0.919. The number of ether oxygens (including phenoxy) is 1. The lowest BCUT2D eigenvalue weighted by atomic mass is 9.67. The lowest BCUT2D eigenvalue weighted by Gasteiger charge is -2.44. The average molecular weight is 301 g/mol. The summed E-state index contributed by atoms with van der Waals surface area (Å²) in [5.41, 5.74) is 2.99. The van der Waals surface area contributed by atoms with Crippen molar-refractivity contribution in [2.45, 2.75) is 31.2 Å². The first kappa shape index (κ1) is 14.8. The van der Waals surface area contributed by atoms with Gasteiger partial charge in [0.05, 0.1) is 0 Å². The molecule has 1 atom stereocenters. The molecule has 0 aliphatic carbocycles. The Balaban J connectivity index is 2.08. The van der Waals surface area contributed by atoms with Gasteiger partial charge in [0.15, 0.2) is 0 Å². The molecule has 112 valence electrons. The molecule has 0 radical (unpaired) electrons. The Hall–Kier alpha value is -1.16. The van der Waals surface area contributed by atoms with Crippen LogP contribution in [0.5, 0.6) is 0 Å². The lowest BCUT2D eigenvalue weighted by Crippen LogP contribution is -2.44. The number of hydrogen-bond donors (Lipinski definition) is 1. The molecular formula is C18H23NOS. The molecule has 1 N–H and O–H groups in total. The molecule has 1 saturated heterocycles. The summed E-state index contributed by atoms with van der Waals surface area (Å²) < 4.78 is 5.66. The Labute approximate surface area is 131 Å². The summed E-state index contributed by atoms with van der Waals surface area (Å²) in [5, 5.41) is 5.81. The van der Waals surface area contributed by atoms with Gasteiger partial charge in [-0.1, -0.05) is 30.3 Å². The predicted molar refractivity (Wildman–Crippen MR) is 89.0 cm³/mol. The van der Waals surface area contributed by atoms with E-state index in [0.717, 1.165) is 26.1 Å². The smallest absolute Gasteiger partial charge is 0.0475 e. The van der Waals surface area contributed by atoms with E-state index < -0.39 is 0 Å². The summed E-state index contributed by atoms with van der Waals surface area (Å²) in [4.78, 5) is 1.41. The van der Waals surface area contributed by atoms with E-state index in [2.05, 4.69) is 61.1 Å². The normalized spacial score (nSPS) is 19.3. The molecule has 1 aromatic carbocycles. The second-order valence-electron chi connectivity index (χ2n) is 5.79. The fourth-order valence-electron chi connectivity index (χ4n) is 3.67. The second kappa shape index (κ2) is 6.30. The monoisotopic (exact) mass is 301 g/mol. The molecule has 1 aromatic heterocycles. The maximum Gasteiger partial charge on any atom is 0.0475 e. The van der Waals surface area contributed by atoms with Crippen LogP contribution in [0.25, 0.3) is 0 Å². The maximum atomic E-state index is 5.66. The Morgan fingerprint density at radius 1 is 1.14 bits per heavy atom. The van der Waals surface area contributed by atoms with E-state index in [1.807, 2.05) is 11.3 Å². The molecule has 1 unspecified atom stereocenters. The van der Waals surface area contributed by atoms with E-state index >= 15 is 0 Å². The zero-order valence-electron chi connectivity index (χ0n) is 12.8. The minimum Gasteiger partial charge on any atom is -0.381 e. The van der Waals surface area contributed by atoms with Crippen molar-refractivity contribution in [3.05, 3.63) is 57.8 Å². The van der Waals surface area contributed by atoms with Crippen molar-refractivity contribution in [1.29, 1.82) is 0 Å². The fourth-order valence-corrected chi connectivity index (χ4v) is 4.41. The first-order chi connectivity index (χ1) is 10.3. The summed E-state index contributed by atoms with van der Waals surface area (Å²) in [6.45, 7) is 3.91. The van der Waals surface area contributed by atoms with Crippen molar-refractivity contribution < 1.29 is 4.74 Å². The van der Waals surface area contributed by atoms with Crippen molar-refractivity contribution in [3.8, 4) is 0 Å². The minimum atomic E-state index is 0.125. The van der Waals surface area contributed by atoms with Gasteiger partial charge in [-0.2, -0.15) is 0 Å². The van der Waals surface area contributed by atoms with Gasteiger partial charge in [0.2, 0.25) is 0 Å². The van der Waals surface area contributed by atoms with E-state index in [1.165, 1.54) is 16.0 Å². The van der Waals surface area contributed by atoms with E-state index in [1.54, 1.807) is 0 Å². The van der Waals surface area contributed by atoms with Crippen molar-refractivity contribution in [2.75, 3.05) is 20.3 Å². The van der Waals surface area contributed by atoms with Crippen LogP contribution in [0, 0.1) is 6.92 Å². The molecule has 21 heavy (non-hydrogen) atoms. The van der Waals surface area contributed by atoms with E-state index in [-0.39, 0.29) is 5.41 Å². The van der Waals surface area contributed by atoms with Crippen molar-refractivity contribution in [3.63, 3.8) is 0 Å². The first-order valence-corrected chi connectivity index (χ1v) is 8.50. The molecule has 1 fully saturated rings. The van der Waals surface area contributed by atoms with Gasteiger partial charge in [-0.05, 0) is 49.4 Å². The average Bonchev–Trinajstić information content (AvgIpc) is 2.96. The fraction of sp³-hybridized carbons (Fsp3) is 0.444. The second-order valence-corrected chi connectivity index (χ2v) is 6.91. The third-order valence-corrected chi connectivity index (χ3v) is 5.65. The SMILES string of the molecule is CNC(c1ccsc1C)C1(c2ccccc2)CCOCC1. The van der Waals surface area contributed by atoms with E-state index in [4.69, 9.17) is 4.74 Å². The van der Waals surface area contributed by atoms with Crippen molar-refractivity contribution in [2.24, 2.45) is 0 Å². The number of aryl methyl sites for hydroxylation is 1. The zero-order chi connectivity index (χ0) is 14.7. The summed E-state index contributed by atoms with van der Waals surface area (Å²) in [5.74, 6) is 0. The molecule has 0 spiro atoms. The third kappa shape index (κ3) is 2.66. The molecule has 1 aliphatic heterocycles. The van der Waals surface area contributed by atoms with Gasteiger partial charge in [0.25, 0.3) is 0 Å². The van der Waals surface area contributed by atoms with Gasteiger partial charge in [-0.15, -0.1) is 11.3 Å². The zero-order valence-corrected chi connectivity index (χ0v) is 13.6. The largest absolute Gasteiger partial charge is 0.381 e. The Morgan fingerprint density at radius 3 is 2.43 bits per heavy atom. The van der Waals surface area contributed by atoms with Gasteiger partial charge in [-0.25, -0.2) is 0 Å². The molecule has 0 amide bonds. The molecule has 0 saturated carbocycles. The van der Waals surface area contributed by atoms with Crippen LogP contribution < -0.4 is 5.32 Å². The summed E-state index contributed by atoms with van der Waals surface area (Å²) in [6, 6.07) is 13.6. The molecule has 2 nitrogen and oxygen atoms in total. The highest BCUT2D eigenvalue weighted by Crippen LogP contribution is 2.46. The Morgan fingerprint density at radius 2 is 1.86 bits per heavy atom. The predicted octanol–water partition coefficient (Wildman–Crippen LogP) is 4.07. The molecule has 2 heterocycles. The van der Waals surface area contributed by atoms with Gasteiger partial charge in [0.1, 0.15) is 0 Å². The summed E-state index contributed by atoms with van der Waals surface area (Å²) in [6.07, 6.45) is 2.13. The molecule has 2 aromatic rings. The van der Waals surface area contributed by atoms with Crippen LogP contribution in [0.1, 0.15) is 34.9 Å². The van der Waals surface area contributed by atoms with Gasteiger partial charge in [0, 0.05) is 29.5 Å². The highest BCUT2D eigenvalue weighted by molar-refractivity contribution is 7.10. The van der Waals surface area contributed by atoms with E-state index in [0.29, 0.717) is 6.04 Å². The van der Waals surface area contributed by atoms with Crippen molar-refractivity contribution in [1.82, 2.24) is 5.32 Å². The number of benzene rings is 1. The number of thiophene rings is 1. The van der Waals surface area contributed by atoms with E-state index in [9.17, 15) is 0 Å². The molecule has 0 bridgehead atoms. The van der Waals surface area contributed by atoms with Gasteiger partial charge >= 0.3 is 0 Å². The Kier molecular flexibility index (Phi) is 4.43. The molecule has 3 heteroatoms. The topological polar surface area (TPSA) is 21.3 Å². The van der Waals surface area contributed by atoms with Crippen LogP contribution in [-0.4, -0.2) is 20.3 Å². The molecule has 3 rings (SSSR count). The standard InChI is InChI=1S/C18H23NOS/c1-14-16(8-13-21-14)17(19-2)18(9-11-20-12-10-18)15-6-4-3-5-7-15/h3-8,13,17,19H,9-12H2,1-2H3. The first-order valence-electron chi connectivity index (χ1n) is 7.62.